The third-order valence-corrected chi connectivity index (χ3v) is 3.30. The van der Waals surface area contributed by atoms with E-state index in [0.29, 0.717) is 30.8 Å². The van der Waals surface area contributed by atoms with Gasteiger partial charge < -0.3 is 10.6 Å². The third-order valence-electron chi connectivity index (χ3n) is 2.45. The van der Waals surface area contributed by atoms with Gasteiger partial charge in [-0.3, -0.25) is 0 Å². The fourth-order valence-electron chi connectivity index (χ4n) is 1.52. The van der Waals surface area contributed by atoms with Crippen molar-refractivity contribution in [2.75, 3.05) is 30.0 Å². The minimum Gasteiger partial charge on any atom is -0.357 e. The fourth-order valence-corrected chi connectivity index (χ4v) is 2.07. The Hall–Kier alpha value is -2.27. The summed E-state index contributed by atoms with van der Waals surface area (Å²) in [5.74, 6) is 0.961. The van der Waals surface area contributed by atoms with Crippen molar-refractivity contribution < 1.29 is 8.42 Å². The van der Waals surface area contributed by atoms with E-state index in [1.807, 2.05) is 0 Å². The summed E-state index contributed by atoms with van der Waals surface area (Å²) < 4.78 is 23.2. The molecular weight excluding hydrogens is 296 g/mol. The lowest BCUT2D eigenvalue weighted by Crippen LogP contribution is -2.19. The van der Waals surface area contributed by atoms with Crippen LogP contribution in [-0.4, -0.2) is 52.5 Å². The molecular formula is C10H16N8O2S. The molecule has 21 heavy (non-hydrogen) atoms. The van der Waals surface area contributed by atoms with E-state index in [-0.39, 0.29) is 5.75 Å². The molecule has 0 aliphatic rings. The van der Waals surface area contributed by atoms with Crippen LogP contribution in [0, 0.1) is 0 Å². The molecule has 2 rings (SSSR count). The van der Waals surface area contributed by atoms with E-state index in [1.165, 1.54) is 4.68 Å². The number of nitrogens with zero attached hydrogens (tertiary/aromatic N) is 5. The molecule has 2 aromatic rings. The standard InChI is InChI=1S/C10H16N8O2S/c1-12-8-15-9(13-4-3-7-21(11,19)20)17-10(16-8)18-6-2-5-14-18/h2,5-6H,3-4,7H2,1H3,(H2,11,19,20)(H2,12,13,15,16,17). The van der Waals surface area contributed by atoms with Crippen molar-refractivity contribution in [2.45, 2.75) is 6.42 Å². The highest BCUT2D eigenvalue weighted by Gasteiger charge is 2.08. The van der Waals surface area contributed by atoms with Crippen molar-refractivity contribution in [1.82, 2.24) is 24.7 Å². The first-order valence-corrected chi connectivity index (χ1v) is 7.87. The number of rotatable bonds is 7. The first-order valence-electron chi connectivity index (χ1n) is 6.16. The second kappa shape index (κ2) is 6.45. The number of sulfonamides is 1. The summed E-state index contributed by atoms with van der Waals surface area (Å²) in [5.41, 5.74) is 0. The van der Waals surface area contributed by atoms with Gasteiger partial charge in [0, 0.05) is 26.0 Å². The van der Waals surface area contributed by atoms with Crippen LogP contribution < -0.4 is 15.8 Å². The SMILES string of the molecule is CNc1nc(NCCCS(N)(=O)=O)nc(-n2cccn2)n1. The predicted molar refractivity (Wildman–Crippen MR) is 77.6 cm³/mol. The van der Waals surface area contributed by atoms with E-state index in [2.05, 4.69) is 30.7 Å². The minimum atomic E-state index is -3.45. The molecule has 0 bridgehead atoms. The van der Waals surface area contributed by atoms with Gasteiger partial charge >= 0.3 is 0 Å². The molecule has 11 heteroatoms. The quantitative estimate of drug-likeness (QED) is 0.564. The first kappa shape index (κ1) is 15.1. The number of nitrogens with two attached hydrogens (primary N) is 1. The zero-order valence-corrected chi connectivity index (χ0v) is 12.2. The maximum atomic E-state index is 10.8. The molecule has 2 heterocycles. The normalized spacial score (nSPS) is 11.3. The summed E-state index contributed by atoms with van der Waals surface area (Å²) in [7, 11) is -1.77. The molecule has 0 amide bonds. The van der Waals surface area contributed by atoms with E-state index >= 15 is 0 Å². The second-order valence-electron chi connectivity index (χ2n) is 4.13. The van der Waals surface area contributed by atoms with Gasteiger partial charge in [0.15, 0.2) is 0 Å². The van der Waals surface area contributed by atoms with E-state index < -0.39 is 10.0 Å². The lowest BCUT2D eigenvalue weighted by Gasteiger charge is -2.08. The zero-order chi connectivity index (χ0) is 15.3. The minimum absolute atomic E-state index is 0.101. The molecule has 0 aromatic carbocycles. The Morgan fingerprint density at radius 2 is 2.05 bits per heavy atom. The fraction of sp³-hybridized carbons (Fsp3) is 0.400. The van der Waals surface area contributed by atoms with Crippen molar-refractivity contribution in [2.24, 2.45) is 5.14 Å². The Morgan fingerprint density at radius 3 is 2.67 bits per heavy atom. The van der Waals surface area contributed by atoms with E-state index in [0.717, 1.165) is 0 Å². The number of hydrogen-bond donors (Lipinski definition) is 3. The molecule has 2 aromatic heterocycles. The van der Waals surface area contributed by atoms with Gasteiger partial charge in [0.1, 0.15) is 0 Å². The Morgan fingerprint density at radius 1 is 1.29 bits per heavy atom. The van der Waals surface area contributed by atoms with Gasteiger partial charge in [-0.1, -0.05) is 0 Å². The summed E-state index contributed by atoms with van der Waals surface area (Å²) in [6.45, 7) is 0.377. The second-order valence-corrected chi connectivity index (χ2v) is 5.86. The lowest BCUT2D eigenvalue weighted by atomic mass is 10.5. The van der Waals surface area contributed by atoms with Crippen LogP contribution >= 0.6 is 0 Å². The van der Waals surface area contributed by atoms with E-state index in [4.69, 9.17) is 5.14 Å². The molecule has 4 N–H and O–H groups in total. The Bertz CT molecular complexity index is 685. The maximum Gasteiger partial charge on any atom is 0.257 e. The summed E-state index contributed by atoms with van der Waals surface area (Å²) in [6, 6.07) is 1.75. The molecule has 0 fully saturated rings. The van der Waals surface area contributed by atoms with Gasteiger partial charge in [-0.05, 0) is 12.5 Å². The average Bonchev–Trinajstić information content (AvgIpc) is 2.96. The van der Waals surface area contributed by atoms with Gasteiger partial charge in [-0.25, -0.2) is 18.2 Å². The van der Waals surface area contributed by atoms with Gasteiger partial charge in [0.25, 0.3) is 5.95 Å². The van der Waals surface area contributed by atoms with Crippen LogP contribution in [0.15, 0.2) is 18.5 Å². The molecule has 0 atom stereocenters. The van der Waals surface area contributed by atoms with Gasteiger partial charge in [0.05, 0.1) is 5.75 Å². The van der Waals surface area contributed by atoms with Crippen LogP contribution in [0.4, 0.5) is 11.9 Å². The summed E-state index contributed by atoms with van der Waals surface area (Å²) in [5, 5.41) is 14.7. The largest absolute Gasteiger partial charge is 0.357 e. The van der Waals surface area contributed by atoms with Crippen molar-refractivity contribution in [1.29, 1.82) is 0 Å². The average molecular weight is 312 g/mol. The van der Waals surface area contributed by atoms with Crippen molar-refractivity contribution in [3.63, 3.8) is 0 Å². The molecule has 114 valence electrons. The maximum absolute atomic E-state index is 10.8. The molecule has 0 aliphatic heterocycles. The van der Waals surface area contributed by atoms with Crippen molar-refractivity contribution >= 4 is 21.9 Å². The molecule has 0 aliphatic carbocycles. The van der Waals surface area contributed by atoms with Crippen molar-refractivity contribution in [3.05, 3.63) is 18.5 Å². The molecule has 0 radical (unpaired) electrons. The topological polar surface area (TPSA) is 141 Å². The number of anilines is 2. The summed E-state index contributed by atoms with van der Waals surface area (Å²) >= 11 is 0. The first-order chi connectivity index (χ1) is 9.98. The smallest absolute Gasteiger partial charge is 0.257 e. The molecule has 10 nitrogen and oxygen atoms in total. The van der Waals surface area contributed by atoms with Crippen LogP contribution in [0.2, 0.25) is 0 Å². The van der Waals surface area contributed by atoms with Gasteiger partial charge in [-0.2, -0.15) is 20.1 Å². The number of primary sulfonamides is 1. The Labute approximate surface area is 121 Å². The monoisotopic (exact) mass is 312 g/mol. The lowest BCUT2D eigenvalue weighted by molar-refractivity contribution is 0.595. The van der Waals surface area contributed by atoms with Crippen LogP contribution in [-0.2, 0) is 10.0 Å². The van der Waals surface area contributed by atoms with E-state index in [9.17, 15) is 8.42 Å². The zero-order valence-electron chi connectivity index (χ0n) is 11.4. The third kappa shape index (κ3) is 4.65. The molecule has 0 saturated heterocycles. The van der Waals surface area contributed by atoms with Gasteiger partial charge in [-0.15, -0.1) is 0 Å². The highest BCUT2D eigenvalue weighted by molar-refractivity contribution is 7.89. The Kier molecular flexibility index (Phi) is 4.65. The highest BCUT2D eigenvalue weighted by Crippen LogP contribution is 2.08. The molecule has 0 spiro atoms. The Balaban J connectivity index is 2.07. The van der Waals surface area contributed by atoms with Crippen molar-refractivity contribution in [3.8, 4) is 5.95 Å². The molecule has 0 unspecified atom stereocenters. The number of hydrogen-bond acceptors (Lipinski definition) is 8. The van der Waals surface area contributed by atoms with Gasteiger partial charge in [0.2, 0.25) is 21.9 Å². The van der Waals surface area contributed by atoms with Crippen LogP contribution in [0.5, 0.6) is 0 Å². The predicted octanol–water partition coefficient (Wildman–Crippen LogP) is -0.810. The number of nitrogens with one attached hydrogen (secondary N) is 2. The van der Waals surface area contributed by atoms with Crippen LogP contribution in [0.25, 0.3) is 5.95 Å². The number of aromatic nitrogens is 5. The molecule has 0 saturated carbocycles. The van der Waals surface area contributed by atoms with Crippen LogP contribution in [0.1, 0.15) is 6.42 Å². The van der Waals surface area contributed by atoms with E-state index in [1.54, 1.807) is 25.5 Å². The summed E-state index contributed by atoms with van der Waals surface area (Å²) in [6.07, 6.45) is 3.68. The van der Waals surface area contributed by atoms with Crippen LogP contribution in [0.3, 0.4) is 0 Å². The highest BCUT2D eigenvalue weighted by atomic mass is 32.2. The summed E-state index contributed by atoms with van der Waals surface area (Å²) in [4.78, 5) is 12.5.